The van der Waals surface area contributed by atoms with E-state index in [1.807, 2.05) is 42.5 Å². The molecule has 0 unspecified atom stereocenters. The Morgan fingerprint density at radius 1 is 0.889 bits per heavy atom. The van der Waals surface area contributed by atoms with Crippen molar-refractivity contribution in [3.05, 3.63) is 71.6 Å². The second-order valence-electron chi connectivity index (χ2n) is 6.82. The van der Waals surface area contributed by atoms with Crippen molar-refractivity contribution in [2.75, 3.05) is 43.4 Å². The van der Waals surface area contributed by atoms with Gasteiger partial charge in [-0.15, -0.1) is 11.3 Å². The Bertz CT molecular complexity index is 897. The third kappa shape index (κ3) is 4.21. The molecule has 1 amide bonds. The molecule has 138 valence electrons. The minimum atomic E-state index is -0.0634. The van der Waals surface area contributed by atoms with Gasteiger partial charge in [0.1, 0.15) is 0 Å². The fourth-order valence-corrected chi connectivity index (χ4v) is 4.14. The van der Waals surface area contributed by atoms with Gasteiger partial charge in [0.2, 0.25) is 0 Å². The fraction of sp³-hybridized carbons (Fsp3) is 0.227. The summed E-state index contributed by atoms with van der Waals surface area (Å²) in [6, 6.07) is 22.1. The molecule has 4 nitrogen and oxygen atoms in total. The first kappa shape index (κ1) is 17.8. The summed E-state index contributed by atoms with van der Waals surface area (Å²) in [5, 5.41) is 2.94. The second-order valence-corrected chi connectivity index (χ2v) is 7.91. The molecule has 3 aromatic rings. The molecule has 2 heterocycles. The van der Waals surface area contributed by atoms with E-state index in [1.165, 1.54) is 17.0 Å². The summed E-state index contributed by atoms with van der Waals surface area (Å²) < 4.78 is 0. The molecule has 1 N–H and O–H groups in total. The first-order chi connectivity index (χ1) is 13.2. The van der Waals surface area contributed by atoms with Crippen LogP contribution in [0.3, 0.4) is 0 Å². The van der Waals surface area contributed by atoms with Crippen molar-refractivity contribution in [3.8, 4) is 10.4 Å². The number of rotatable bonds is 4. The first-order valence-electron chi connectivity index (χ1n) is 9.19. The molecule has 1 saturated heterocycles. The lowest BCUT2D eigenvalue weighted by molar-refractivity contribution is 0.103. The van der Waals surface area contributed by atoms with Gasteiger partial charge in [0.15, 0.2) is 0 Å². The van der Waals surface area contributed by atoms with Crippen LogP contribution >= 0.6 is 11.3 Å². The zero-order chi connectivity index (χ0) is 18.6. The summed E-state index contributed by atoms with van der Waals surface area (Å²) in [5.41, 5.74) is 3.23. The van der Waals surface area contributed by atoms with E-state index in [-0.39, 0.29) is 5.91 Å². The van der Waals surface area contributed by atoms with Crippen molar-refractivity contribution in [2.45, 2.75) is 0 Å². The number of benzene rings is 2. The van der Waals surface area contributed by atoms with E-state index < -0.39 is 0 Å². The van der Waals surface area contributed by atoms with Gasteiger partial charge in [0, 0.05) is 42.4 Å². The fourth-order valence-electron chi connectivity index (χ4n) is 3.23. The molecule has 1 aliphatic heterocycles. The normalized spacial score (nSPS) is 14.9. The van der Waals surface area contributed by atoms with Gasteiger partial charge in [-0.3, -0.25) is 4.79 Å². The smallest absolute Gasteiger partial charge is 0.265 e. The van der Waals surface area contributed by atoms with Crippen molar-refractivity contribution < 1.29 is 4.79 Å². The molecular formula is C22H23N3OS. The van der Waals surface area contributed by atoms with Gasteiger partial charge in [-0.05, 0) is 49.0 Å². The Hall–Kier alpha value is -2.63. The van der Waals surface area contributed by atoms with Crippen LogP contribution in [0, 0.1) is 0 Å². The summed E-state index contributed by atoms with van der Waals surface area (Å²) in [5.74, 6) is -0.0634. The SMILES string of the molecule is CN1CCN(c2ccc(-c3ccc(C(=O)Nc4ccccc4)s3)cc2)CC1. The Labute approximate surface area is 164 Å². The monoisotopic (exact) mass is 377 g/mol. The van der Waals surface area contributed by atoms with E-state index in [2.05, 4.69) is 46.4 Å². The minimum Gasteiger partial charge on any atom is -0.369 e. The van der Waals surface area contributed by atoms with Gasteiger partial charge in [-0.1, -0.05) is 30.3 Å². The lowest BCUT2D eigenvalue weighted by Crippen LogP contribution is -2.44. The quantitative estimate of drug-likeness (QED) is 0.731. The Kier molecular flexibility index (Phi) is 5.23. The van der Waals surface area contributed by atoms with Gasteiger partial charge >= 0.3 is 0 Å². The average Bonchev–Trinajstić information content (AvgIpc) is 3.20. The van der Waals surface area contributed by atoms with Crippen LogP contribution in [0.15, 0.2) is 66.7 Å². The minimum absolute atomic E-state index is 0.0634. The molecule has 0 radical (unpaired) electrons. The van der Waals surface area contributed by atoms with E-state index in [1.54, 1.807) is 0 Å². The third-order valence-electron chi connectivity index (χ3n) is 4.88. The van der Waals surface area contributed by atoms with E-state index in [4.69, 9.17) is 0 Å². The van der Waals surface area contributed by atoms with Crippen molar-refractivity contribution in [1.82, 2.24) is 4.90 Å². The molecule has 0 atom stereocenters. The highest BCUT2D eigenvalue weighted by molar-refractivity contribution is 7.17. The summed E-state index contributed by atoms with van der Waals surface area (Å²) >= 11 is 1.52. The molecule has 0 aliphatic carbocycles. The Morgan fingerprint density at radius 2 is 1.59 bits per heavy atom. The van der Waals surface area contributed by atoms with Gasteiger partial charge in [-0.25, -0.2) is 0 Å². The number of hydrogen-bond donors (Lipinski definition) is 1. The van der Waals surface area contributed by atoms with E-state index in [9.17, 15) is 4.79 Å². The largest absolute Gasteiger partial charge is 0.369 e. The number of anilines is 2. The first-order valence-corrected chi connectivity index (χ1v) is 10.0. The highest BCUT2D eigenvalue weighted by atomic mass is 32.1. The van der Waals surface area contributed by atoms with Gasteiger partial charge in [-0.2, -0.15) is 0 Å². The molecule has 1 aliphatic rings. The maximum atomic E-state index is 12.4. The van der Waals surface area contributed by atoms with Crippen LogP contribution in [0.1, 0.15) is 9.67 Å². The standard InChI is InChI=1S/C22H23N3OS/c1-24-13-15-25(16-14-24)19-9-7-17(8-10-19)20-11-12-21(27-20)22(26)23-18-5-3-2-4-6-18/h2-12H,13-16H2,1H3,(H,23,26). The van der Waals surface area contributed by atoms with Gasteiger partial charge in [0.25, 0.3) is 5.91 Å². The van der Waals surface area contributed by atoms with Crippen molar-refractivity contribution >= 4 is 28.6 Å². The summed E-state index contributed by atoms with van der Waals surface area (Å²) in [7, 11) is 2.17. The topological polar surface area (TPSA) is 35.6 Å². The number of carbonyl (C=O) groups is 1. The van der Waals surface area contributed by atoms with Crippen molar-refractivity contribution in [2.24, 2.45) is 0 Å². The molecule has 0 spiro atoms. The Balaban J connectivity index is 1.44. The van der Waals surface area contributed by atoms with Crippen LogP contribution in [-0.2, 0) is 0 Å². The zero-order valence-corrected chi connectivity index (χ0v) is 16.2. The number of likely N-dealkylation sites (N-methyl/N-ethyl adjacent to an activating group) is 1. The molecular weight excluding hydrogens is 354 g/mol. The van der Waals surface area contributed by atoms with E-state index in [0.29, 0.717) is 0 Å². The number of nitrogens with one attached hydrogen (secondary N) is 1. The molecule has 27 heavy (non-hydrogen) atoms. The summed E-state index contributed by atoms with van der Waals surface area (Å²) in [6.45, 7) is 4.34. The highest BCUT2D eigenvalue weighted by Crippen LogP contribution is 2.30. The highest BCUT2D eigenvalue weighted by Gasteiger charge is 2.15. The third-order valence-corrected chi connectivity index (χ3v) is 6.01. The lowest BCUT2D eigenvalue weighted by Gasteiger charge is -2.34. The van der Waals surface area contributed by atoms with E-state index >= 15 is 0 Å². The number of amides is 1. The van der Waals surface area contributed by atoms with Gasteiger partial charge in [0.05, 0.1) is 4.88 Å². The van der Waals surface area contributed by atoms with Crippen LogP contribution in [0.5, 0.6) is 0 Å². The Morgan fingerprint density at radius 3 is 2.30 bits per heavy atom. The molecule has 0 bridgehead atoms. The summed E-state index contributed by atoms with van der Waals surface area (Å²) in [6.07, 6.45) is 0. The van der Waals surface area contributed by atoms with Crippen LogP contribution in [0.2, 0.25) is 0 Å². The molecule has 1 fully saturated rings. The maximum absolute atomic E-state index is 12.4. The number of para-hydroxylation sites is 1. The zero-order valence-electron chi connectivity index (χ0n) is 15.4. The van der Waals surface area contributed by atoms with Crippen LogP contribution in [0.25, 0.3) is 10.4 Å². The molecule has 4 rings (SSSR count). The van der Waals surface area contributed by atoms with Gasteiger partial charge < -0.3 is 15.1 Å². The number of nitrogens with zero attached hydrogens (tertiary/aromatic N) is 2. The van der Waals surface area contributed by atoms with Crippen molar-refractivity contribution in [1.29, 1.82) is 0 Å². The predicted molar refractivity (Wildman–Crippen MR) is 114 cm³/mol. The van der Waals surface area contributed by atoms with E-state index in [0.717, 1.165) is 47.2 Å². The number of piperazine rings is 1. The average molecular weight is 378 g/mol. The van der Waals surface area contributed by atoms with Crippen LogP contribution < -0.4 is 10.2 Å². The van der Waals surface area contributed by atoms with Crippen molar-refractivity contribution in [3.63, 3.8) is 0 Å². The molecule has 5 heteroatoms. The number of carbonyl (C=O) groups excluding carboxylic acids is 1. The number of thiophene rings is 1. The molecule has 0 saturated carbocycles. The lowest BCUT2D eigenvalue weighted by atomic mass is 10.1. The predicted octanol–water partition coefficient (Wildman–Crippen LogP) is 4.42. The molecule has 1 aromatic heterocycles. The molecule has 2 aromatic carbocycles. The van der Waals surface area contributed by atoms with Crippen LogP contribution in [-0.4, -0.2) is 44.0 Å². The second kappa shape index (κ2) is 7.94. The maximum Gasteiger partial charge on any atom is 0.265 e. The van der Waals surface area contributed by atoms with Crippen LogP contribution in [0.4, 0.5) is 11.4 Å². The number of hydrogen-bond acceptors (Lipinski definition) is 4. The summed E-state index contributed by atoms with van der Waals surface area (Å²) in [4.78, 5) is 19.1.